The number of carbonyl (C=O) groups is 1. The number of likely N-dealkylation sites (N-methyl/N-ethyl adjacent to an activating group) is 1. The highest BCUT2D eigenvalue weighted by Crippen LogP contribution is 2.05. The van der Waals surface area contributed by atoms with Crippen LogP contribution in [0.5, 0.6) is 0 Å². The Morgan fingerprint density at radius 3 is 2.57 bits per heavy atom. The van der Waals surface area contributed by atoms with Gasteiger partial charge in [-0.2, -0.15) is 0 Å². The van der Waals surface area contributed by atoms with Crippen molar-refractivity contribution < 1.29 is 4.79 Å². The number of urea groups is 1. The second kappa shape index (κ2) is 8.90. The molecule has 1 heterocycles. The third-order valence-electron chi connectivity index (χ3n) is 3.76. The Bertz CT molecular complexity index is 588. The maximum Gasteiger partial charge on any atom is 0.315 e. The Labute approximate surface area is 137 Å². The zero-order chi connectivity index (χ0) is 16.5. The first-order chi connectivity index (χ1) is 11.1. The highest BCUT2D eigenvalue weighted by molar-refractivity contribution is 5.73. The number of carbonyl (C=O) groups excluding carboxylic acids is 1. The van der Waals surface area contributed by atoms with E-state index in [0.29, 0.717) is 13.1 Å². The molecule has 2 rings (SSSR count). The molecule has 0 radical (unpaired) electrons. The lowest BCUT2D eigenvalue weighted by Crippen LogP contribution is -2.43. The van der Waals surface area contributed by atoms with Crippen molar-refractivity contribution in [2.75, 3.05) is 13.6 Å². The second-order valence-corrected chi connectivity index (χ2v) is 5.67. The van der Waals surface area contributed by atoms with E-state index in [9.17, 15) is 4.79 Å². The molecule has 1 aromatic heterocycles. The molecule has 0 unspecified atom stereocenters. The fraction of sp³-hybridized carbons (Fsp3) is 0.333. The van der Waals surface area contributed by atoms with Gasteiger partial charge in [-0.05, 0) is 31.2 Å². The van der Waals surface area contributed by atoms with Gasteiger partial charge in [0.15, 0.2) is 0 Å². The molecule has 5 nitrogen and oxygen atoms in total. The summed E-state index contributed by atoms with van der Waals surface area (Å²) in [6.07, 6.45) is 3.46. The molecule has 0 aliphatic carbocycles. The molecule has 0 saturated heterocycles. The van der Waals surface area contributed by atoms with Crippen molar-refractivity contribution in [1.82, 2.24) is 20.5 Å². The average Bonchev–Trinajstić information content (AvgIpc) is 2.59. The van der Waals surface area contributed by atoms with Gasteiger partial charge in [-0.1, -0.05) is 36.4 Å². The summed E-state index contributed by atoms with van der Waals surface area (Å²) < 4.78 is 0. The Morgan fingerprint density at radius 2 is 1.87 bits per heavy atom. The molecule has 0 bridgehead atoms. The van der Waals surface area contributed by atoms with Crippen LogP contribution in [0, 0.1) is 0 Å². The molecule has 5 heteroatoms. The van der Waals surface area contributed by atoms with Crippen LogP contribution in [0.3, 0.4) is 0 Å². The van der Waals surface area contributed by atoms with Gasteiger partial charge in [0, 0.05) is 38.1 Å². The van der Waals surface area contributed by atoms with E-state index in [2.05, 4.69) is 46.6 Å². The van der Waals surface area contributed by atoms with Crippen molar-refractivity contribution in [1.29, 1.82) is 0 Å². The molecule has 0 fully saturated rings. The molecule has 2 aromatic rings. The average molecular weight is 312 g/mol. The van der Waals surface area contributed by atoms with E-state index in [-0.39, 0.29) is 12.1 Å². The maximum absolute atomic E-state index is 11.8. The van der Waals surface area contributed by atoms with Gasteiger partial charge in [0.25, 0.3) is 0 Å². The molecule has 23 heavy (non-hydrogen) atoms. The minimum atomic E-state index is -0.159. The Morgan fingerprint density at radius 1 is 1.13 bits per heavy atom. The van der Waals surface area contributed by atoms with E-state index < -0.39 is 0 Å². The number of hydrogen-bond acceptors (Lipinski definition) is 3. The largest absolute Gasteiger partial charge is 0.337 e. The fourth-order valence-corrected chi connectivity index (χ4v) is 2.17. The summed E-state index contributed by atoms with van der Waals surface area (Å²) in [5.74, 6) is 0. The minimum absolute atomic E-state index is 0.159. The minimum Gasteiger partial charge on any atom is -0.337 e. The van der Waals surface area contributed by atoms with Gasteiger partial charge in [-0.15, -0.1) is 0 Å². The van der Waals surface area contributed by atoms with Crippen LogP contribution in [0.1, 0.15) is 18.1 Å². The number of aromatic nitrogens is 1. The molecule has 2 amide bonds. The van der Waals surface area contributed by atoms with Crippen LogP contribution in [-0.4, -0.2) is 35.5 Å². The first-order valence-electron chi connectivity index (χ1n) is 7.80. The lowest BCUT2D eigenvalue weighted by molar-refractivity contribution is 0.223. The number of rotatable bonds is 7. The van der Waals surface area contributed by atoms with Crippen LogP contribution >= 0.6 is 0 Å². The smallest absolute Gasteiger partial charge is 0.315 e. The molecule has 122 valence electrons. The summed E-state index contributed by atoms with van der Waals surface area (Å²) in [6, 6.07) is 14.2. The topological polar surface area (TPSA) is 57.3 Å². The number of pyridine rings is 1. The summed E-state index contributed by atoms with van der Waals surface area (Å²) in [6.45, 7) is 4.04. The monoisotopic (exact) mass is 312 g/mol. The highest BCUT2D eigenvalue weighted by Gasteiger charge is 2.11. The highest BCUT2D eigenvalue weighted by atomic mass is 16.2. The van der Waals surface area contributed by atoms with E-state index in [0.717, 1.165) is 12.1 Å². The van der Waals surface area contributed by atoms with Gasteiger partial charge in [0.05, 0.1) is 0 Å². The standard InChI is InChI=1S/C18H24N4O/c1-15(22(2)14-16-7-4-3-5-8-16)11-20-18(23)21-13-17-9-6-10-19-12-17/h3-10,12,15H,11,13-14H2,1-2H3,(H2,20,21,23)/t15-/m1/s1. The second-order valence-electron chi connectivity index (χ2n) is 5.67. The zero-order valence-electron chi connectivity index (χ0n) is 13.7. The van der Waals surface area contributed by atoms with Crippen molar-refractivity contribution in [2.24, 2.45) is 0 Å². The lowest BCUT2D eigenvalue weighted by atomic mass is 10.2. The van der Waals surface area contributed by atoms with Gasteiger partial charge >= 0.3 is 6.03 Å². The Hall–Kier alpha value is -2.40. The van der Waals surface area contributed by atoms with Gasteiger partial charge in [-0.3, -0.25) is 9.88 Å². The summed E-state index contributed by atoms with van der Waals surface area (Å²) in [5.41, 5.74) is 2.25. The third-order valence-corrected chi connectivity index (χ3v) is 3.76. The molecule has 0 aliphatic rings. The normalized spacial score (nSPS) is 12.0. The molecule has 2 N–H and O–H groups in total. The fourth-order valence-electron chi connectivity index (χ4n) is 2.17. The van der Waals surface area contributed by atoms with Crippen molar-refractivity contribution >= 4 is 6.03 Å². The van der Waals surface area contributed by atoms with Gasteiger partial charge in [-0.25, -0.2) is 4.79 Å². The Balaban J connectivity index is 1.68. The summed E-state index contributed by atoms with van der Waals surface area (Å²) in [5, 5.41) is 5.74. The van der Waals surface area contributed by atoms with Crippen LogP contribution < -0.4 is 10.6 Å². The van der Waals surface area contributed by atoms with Crippen molar-refractivity contribution in [2.45, 2.75) is 26.1 Å². The predicted octanol–water partition coefficient (Wildman–Crippen LogP) is 2.40. The summed E-state index contributed by atoms with van der Waals surface area (Å²) in [7, 11) is 2.06. The van der Waals surface area contributed by atoms with Crippen LogP contribution in [0.4, 0.5) is 4.79 Å². The van der Waals surface area contributed by atoms with E-state index in [4.69, 9.17) is 0 Å². The molecular formula is C18H24N4O. The lowest BCUT2D eigenvalue weighted by Gasteiger charge is -2.25. The first-order valence-corrected chi connectivity index (χ1v) is 7.80. The number of amides is 2. The number of nitrogens with one attached hydrogen (secondary N) is 2. The number of benzene rings is 1. The van der Waals surface area contributed by atoms with E-state index in [1.807, 2.05) is 30.3 Å². The Kier molecular flexibility index (Phi) is 6.56. The third kappa shape index (κ3) is 6.08. The van der Waals surface area contributed by atoms with Crippen molar-refractivity contribution in [3.05, 3.63) is 66.0 Å². The quantitative estimate of drug-likeness (QED) is 0.825. The van der Waals surface area contributed by atoms with E-state index in [1.165, 1.54) is 5.56 Å². The van der Waals surface area contributed by atoms with Gasteiger partial charge < -0.3 is 10.6 Å². The predicted molar refractivity (Wildman–Crippen MR) is 91.8 cm³/mol. The molecule has 0 spiro atoms. The molecule has 0 aliphatic heterocycles. The first kappa shape index (κ1) is 17.0. The van der Waals surface area contributed by atoms with Gasteiger partial charge in [0.1, 0.15) is 0 Å². The SMILES string of the molecule is C[C@H](CNC(=O)NCc1cccnc1)N(C)Cc1ccccc1. The van der Waals surface area contributed by atoms with E-state index in [1.54, 1.807) is 12.4 Å². The van der Waals surface area contributed by atoms with Crippen molar-refractivity contribution in [3.63, 3.8) is 0 Å². The molecule has 0 saturated carbocycles. The summed E-state index contributed by atoms with van der Waals surface area (Å²) in [4.78, 5) is 18.1. The van der Waals surface area contributed by atoms with Gasteiger partial charge in [0.2, 0.25) is 0 Å². The van der Waals surface area contributed by atoms with Crippen LogP contribution in [-0.2, 0) is 13.1 Å². The molecular weight excluding hydrogens is 288 g/mol. The van der Waals surface area contributed by atoms with Crippen LogP contribution in [0.15, 0.2) is 54.9 Å². The molecule has 1 aromatic carbocycles. The van der Waals surface area contributed by atoms with Crippen molar-refractivity contribution in [3.8, 4) is 0 Å². The number of nitrogens with zero attached hydrogens (tertiary/aromatic N) is 2. The van der Waals surface area contributed by atoms with E-state index >= 15 is 0 Å². The number of hydrogen-bond donors (Lipinski definition) is 2. The maximum atomic E-state index is 11.8. The molecule has 1 atom stereocenters. The summed E-state index contributed by atoms with van der Waals surface area (Å²) >= 11 is 0. The van der Waals surface area contributed by atoms with Crippen LogP contribution in [0.25, 0.3) is 0 Å². The zero-order valence-corrected chi connectivity index (χ0v) is 13.7. The van der Waals surface area contributed by atoms with Crippen LogP contribution in [0.2, 0.25) is 0 Å².